The fourth-order valence-electron chi connectivity index (χ4n) is 3.17. The maximum absolute atomic E-state index is 12.7. The summed E-state index contributed by atoms with van der Waals surface area (Å²) in [5.74, 6) is -4.26. The Labute approximate surface area is 258 Å². The van der Waals surface area contributed by atoms with E-state index < -0.39 is 52.5 Å². The first-order valence-corrected chi connectivity index (χ1v) is 12.8. The third-order valence-corrected chi connectivity index (χ3v) is 7.32. The molecule has 2 atom stereocenters. The number of likely N-dealkylation sites (tertiary alicyclic amines) is 1. The predicted octanol–water partition coefficient (Wildman–Crippen LogP) is -8.71. The molecule has 2 fully saturated rings. The fourth-order valence-corrected chi connectivity index (χ4v) is 5.69. The number of rotatable bonds is 9. The number of β-lactam (4-membered cyclic amide) rings is 1. The number of carbonyl (C=O) groups is 3. The van der Waals surface area contributed by atoms with Gasteiger partial charge in [0.05, 0.1) is 12.0 Å². The monoisotopic (exact) mass is 580 g/mol. The first-order chi connectivity index (χ1) is 16.0. The molecule has 0 radical (unpaired) electrons. The van der Waals surface area contributed by atoms with E-state index in [0.717, 1.165) is 35.9 Å². The molecule has 20 heteroatoms. The van der Waals surface area contributed by atoms with Crippen LogP contribution in [0.2, 0.25) is 0 Å². The fraction of sp³-hybridized carbons (Fsp3) is 0.500. The molecular formula is C16H18N6Na2O9S3. The number of thiazole rings is 1. The molecule has 2 saturated heterocycles. The molecule has 0 saturated carbocycles. The number of thioether (sulfide) groups is 1. The number of carboxylic acids is 1. The van der Waals surface area contributed by atoms with Gasteiger partial charge in [-0.15, -0.1) is 11.3 Å². The van der Waals surface area contributed by atoms with Crippen molar-refractivity contribution in [2.75, 3.05) is 31.2 Å². The zero-order chi connectivity index (χ0) is 25.0. The molecule has 1 aromatic rings. The maximum Gasteiger partial charge on any atom is 1.00 e. The van der Waals surface area contributed by atoms with E-state index in [1.807, 2.05) is 0 Å². The second-order valence-electron chi connectivity index (χ2n) is 6.99. The van der Waals surface area contributed by atoms with Crippen molar-refractivity contribution in [2.24, 2.45) is 10.1 Å². The van der Waals surface area contributed by atoms with Crippen molar-refractivity contribution in [3.8, 4) is 0 Å². The normalized spacial score (nSPS) is 20.3. The smallest absolute Gasteiger partial charge is 0.857 e. The number of anilines is 1. The molecule has 186 valence electrons. The van der Waals surface area contributed by atoms with E-state index in [-0.39, 0.29) is 85.2 Å². The number of amides is 2. The first kappa shape index (κ1) is 33.1. The molecule has 2 aliphatic rings. The van der Waals surface area contributed by atoms with Crippen molar-refractivity contribution in [1.82, 2.24) is 14.2 Å². The van der Waals surface area contributed by atoms with Gasteiger partial charge in [0, 0.05) is 30.1 Å². The van der Waals surface area contributed by atoms with E-state index in [4.69, 9.17) is 5.73 Å². The first-order valence-electron chi connectivity index (χ1n) is 9.57. The molecule has 0 bridgehead atoms. The van der Waals surface area contributed by atoms with E-state index in [0.29, 0.717) is 13.1 Å². The molecule has 0 spiro atoms. The number of hydrogen-bond donors (Lipinski definition) is 2. The number of nitrogen functional groups attached to an aromatic ring is 1. The minimum absolute atomic E-state index is 0. The van der Waals surface area contributed by atoms with Crippen LogP contribution >= 0.6 is 23.1 Å². The van der Waals surface area contributed by atoms with E-state index in [1.54, 1.807) is 4.90 Å². The number of carbonyl (C=O) groups excluding carboxylic acids is 3. The van der Waals surface area contributed by atoms with Crippen LogP contribution < -0.4 is 75.1 Å². The van der Waals surface area contributed by atoms with E-state index >= 15 is 0 Å². The van der Waals surface area contributed by atoms with Gasteiger partial charge in [0.25, 0.3) is 11.1 Å². The Morgan fingerprint density at radius 1 is 1.31 bits per heavy atom. The van der Waals surface area contributed by atoms with Crippen molar-refractivity contribution in [3.05, 3.63) is 11.1 Å². The molecular weight excluding hydrogens is 562 g/mol. The van der Waals surface area contributed by atoms with Crippen LogP contribution in [0.5, 0.6) is 0 Å². The summed E-state index contributed by atoms with van der Waals surface area (Å²) in [6.07, 6.45) is 1.67. The minimum Gasteiger partial charge on any atom is -0.857 e. The van der Waals surface area contributed by atoms with Crippen LogP contribution in [0.1, 0.15) is 18.5 Å². The Hall–Kier alpha value is -0.960. The number of aliphatic imine (C=N–C) groups is 1. The molecule has 3 rings (SSSR count). The molecule has 3 heterocycles. The van der Waals surface area contributed by atoms with Crippen molar-refractivity contribution in [2.45, 2.75) is 24.9 Å². The summed E-state index contributed by atoms with van der Waals surface area (Å²) in [6.45, 7) is 0.103. The summed E-state index contributed by atoms with van der Waals surface area (Å²) >= 11 is 1.66. The third-order valence-electron chi connectivity index (χ3n) is 4.69. The maximum atomic E-state index is 12.7. The van der Waals surface area contributed by atoms with Gasteiger partial charge in [-0.2, -0.15) is 8.42 Å². The molecule has 15 nitrogen and oxygen atoms in total. The average Bonchev–Trinajstić information content (AvgIpc) is 3.42. The molecule has 0 aromatic carbocycles. The van der Waals surface area contributed by atoms with Gasteiger partial charge in [-0.05, 0) is 12.8 Å². The molecule has 2 aliphatic heterocycles. The summed E-state index contributed by atoms with van der Waals surface area (Å²) < 4.78 is 32.8. The zero-order valence-corrected chi connectivity index (χ0v) is 25.7. The second kappa shape index (κ2) is 14.3. The van der Waals surface area contributed by atoms with Gasteiger partial charge < -0.3 is 30.5 Å². The van der Waals surface area contributed by atoms with Gasteiger partial charge in [-0.3, -0.25) is 19.1 Å². The van der Waals surface area contributed by atoms with Gasteiger partial charge >= 0.3 is 69.4 Å². The summed E-state index contributed by atoms with van der Waals surface area (Å²) in [6, 6.07) is -2.88. The number of oxime groups is 1. The minimum atomic E-state index is -4.97. The summed E-state index contributed by atoms with van der Waals surface area (Å²) in [7, 11) is -4.97. The van der Waals surface area contributed by atoms with E-state index in [1.165, 1.54) is 5.38 Å². The Morgan fingerprint density at radius 3 is 2.47 bits per heavy atom. The zero-order valence-electron chi connectivity index (χ0n) is 19.2. The van der Waals surface area contributed by atoms with Crippen molar-refractivity contribution in [1.29, 1.82) is 0 Å². The van der Waals surface area contributed by atoms with Gasteiger partial charge in [-0.25, -0.2) is 9.29 Å². The van der Waals surface area contributed by atoms with E-state index in [9.17, 15) is 37.6 Å². The van der Waals surface area contributed by atoms with Gasteiger partial charge in [0.1, 0.15) is 11.4 Å². The molecule has 0 unspecified atom stereocenters. The number of nitrogens with zero attached hydrogens (tertiary/aromatic N) is 5. The Morgan fingerprint density at radius 2 is 1.94 bits per heavy atom. The summed E-state index contributed by atoms with van der Waals surface area (Å²) in [5.41, 5.74) is 4.82. The van der Waals surface area contributed by atoms with Crippen LogP contribution in [0.3, 0.4) is 0 Å². The summed E-state index contributed by atoms with van der Waals surface area (Å²) in [5, 5.41) is 27.7. The SMILES string of the molecule is Nc1nc(/C(=N\OCC(=O)[O-])C([O-])=N[C@@H]2C(=O)N(S(=O)(=O)O)[C@@H]2CSC(=O)N2CCCC2)cs1.[Na+].[Na+]. The molecule has 1 aromatic heterocycles. The van der Waals surface area contributed by atoms with Crippen LogP contribution in [0, 0.1) is 0 Å². The predicted molar refractivity (Wildman–Crippen MR) is 116 cm³/mol. The Balaban J connectivity index is 0.00000324. The van der Waals surface area contributed by atoms with Crippen LogP contribution in [0.15, 0.2) is 15.5 Å². The number of hydrogen-bond acceptors (Lipinski definition) is 14. The van der Waals surface area contributed by atoms with Crippen LogP contribution in [0.25, 0.3) is 0 Å². The average molecular weight is 581 g/mol. The molecule has 36 heavy (non-hydrogen) atoms. The van der Waals surface area contributed by atoms with Gasteiger partial charge in [0.15, 0.2) is 17.8 Å². The molecule has 3 N–H and O–H groups in total. The van der Waals surface area contributed by atoms with Crippen molar-refractivity contribution >= 4 is 67.3 Å². The van der Waals surface area contributed by atoms with Crippen LogP contribution in [-0.4, -0.2) is 93.4 Å². The quantitative estimate of drug-likeness (QED) is 0.0692. The summed E-state index contributed by atoms with van der Waals surface area (Å²) in [4.78, 5) is 48.8. The third kappa shape index (κ3) is 8.27. The number of aliphatic carboxylic acids is 1. The largest absolute Gasteiger partial charge is 1.00 e. The molecule has 0 aliphatic carbocycles. The Kier molecular flexibility index (Phi) is 13.1. The van der Waals surface area contributed by atoms with Crippen LogP contribution in [-0.2, 0) is 24.7 Å². The number of aromatic nitrogens is 1. The van der Waals surface area contributed by atoms with Crippen molar-refractivity contribution < 1.29 is 102 Å². The second-order valence-corrected chi connectivity index (χ2v) is 10.1. The topological polar surface area (TPSA) is 231 Å². The van der Waals surface area contributed by atoms with Gasteiger partial charge in [-0.1, -0.05) is 16.9 Å². The molecule has 2 amide bonds. The number of carboxylic acid groups (broad SMARTS) is 1. The van der Waals surface area contributed by atoms with Gasteiger partial charge in [0.2, 0.25) is 0 Å². The Bertz CT molecular complexity index is 1140. The standard InChI is InChI=1S/C16H20N6O9S3.2Na/c17-15-18-8(6-32-15)11(20-31-5-10(23)24)13(25)19-12-9(22(14(12)26)34(28,29)30)7-33-16(27)21-3-1-2-4-21;;/h6,9,12H,1-5,7H2,(H2,17,18)(H,19,25)(H,23,24)(H,28,29,30);;/q;2*+1/p-2/b20-11+;;/t9-,12+;;/m1../s1. The van der Waals surface area contributed by atoms with Crippen LogP contribution in [0.4, 0.5) is 9.93 Å². The number of nitrogens with two attached hydrogens (primary N) is 1. The van der Waals surface area contributed by atoms with Crippen molar-refractivity contribution in [3.63, 3.8) is 0 Å². The van der Waals surface area contributed by atoms with E-state index in [2.05, 4.69) is 20.0 Å².